The maximum Gasteiger partial charge on any atom is 0.290 e. The second kappa shape index (κ2) is 5.64. The van der Waals surface area contributed by atoms with Gasteiger partial charge >= 0.3 is 0 Å². The summed E-state index contributed by atoms with van der Waals surface area (Å²) >= 11 is 6.12. The van der Waals surface area contributed by atoms with Crippen LogP contribution < -0.4 is 0 Å². The Bertz CT molecular complexity index is 597. The molecule has 0 aromatic heterocycles. The van der Waals surface area contributed by atoms with Crippen LogP contribution in [0.15, 0.2) is 35.6 Å². The van der Waals surface area contributed by atoms with Crippen LogP contribution in [0.4, 0.5) is 0 Å². The van der Waals surface area contributed by atoms with Crippen LogP contribution in [0.1, 0.15) is 18.5 Å². The summed E-state index contributed by atoms with van der Waals surface area (Å²) in [5, 5.41) is 19.4. The summed E-state index contributed by atoms with van der Waals surface area (Å²) in [6.45, 7) is 1.02. The van der Waals surface area contributed by atoms with Crippen LogP contribution in [0.3, 0.4) is 0 Å². The van der Waals surface area contributed by atoms with Gasteiger partial charge in [-0.3, -0.25) is 9.59 Å². The number of rotatable bonds is 4. The molecule has 20 heavy (non-hydrogen) atoms. The molecule has 0 bridgehead atoms. The zero-order valence-corrected chi connectivity index (χ0v) is 11.6. The molecule has 0 aliphatic carbocycles. The van der Waals surface area contributed by atoms with Crippen molar-refractivity contribution >= 4 is 23.3 Å². The highest BCUT2D eigenvalue weighted by Gasteiger charge is 2.42. The number of ketones is 1. The predicted molar refractivity (Wildman–Crippen MR) is 73.3 cm³/mol. The van der Waals surface area contributed by atoms with E-state index in [9.17, 15) is 14.7 Å². The van der Waals surface area contributed by atoms with Gasteiger partial charge < -0.3 is 15.1 Å². The largest absolute Gasteiger partial charge is 0.503 e. The van der Waals surface area contributed by atoms with E-state index < -0.39 is 23.5 Å². The smallest absolute Gasteiger partial charge is 0.290 e. The van der Waals surface area contributed by atoms with Gasteiger partial charge in [0.2, 0.25) is 0 Å². The lowest BCUT2D eigenvalue weighted by molar-refractivity contribution is -0.129. The van der Waals surface area contributed by atoms with E-state index in [1.807, 2.05) is 0 Å². The van der Waals surface area contributed by atoms with Crippen molar-refractivity contribution in [2.45, 2.75) is 13.0 Å². The summed E-state index contributed by atoms with van der Waals surface area (Å²) in [5.74, 6) is -1.65. The highest BCUT2D eigenvalue weighted by molar-refractivity contribution is 6.31. The minimum atomic E-state index is -0.763. The number of hydrogen-bond acceptors (Lipinski definition) is 4. The van der Waals surface area contributed by atoms with E-state index in [0.29, 0.717) is 10.6 Å². The second-order valence-corrected chi connectivity index (χ2v) is 4.87. The number of Topliss-reactive ketones (excluding diaryl/α,β-unsaturated/α-hetero) is 1. The summed E-state index contributed by atoms with van der Waals surface area (Å²) < 4.78 is 0. The van der Waals surface area contributed by atoms with Crippen molar-refractivity contribution in [2.75, 3.05) is 13.2 Å². The monoisotopic (exact) mass is 295 g/mol. The topological polar surface area (TPSA) is 77.8 Å². The Kier molecular flexibility index (Phi) is 4.11. The lowest BCUT2D eigenvalue weighted by atomic mass is 9.97. The van der Waals surface area contributed by atoms with E-state index in [0.717, 1.165) is 0 Å². The van der Waals surface area contributed by atoms with Crippen molar-refractivity contribution in [3.63, 3.8) is 0 Å². The fourth-order valence-corrected chi connectivity index (χ4v) is 2.61. The van der Waals surface area contributed by atoms with Gasteiger partial charge in [0.15, 0.2) is 11.5 Å². The van der Waals surface area contributed by atoms with E-state index in [-0.39, 0.29) is 18.7 Å². The van der Waals surface area contributed by atoms with Crippen LogP contribution in [-0.4, -0.2) is 40.0 Å². The van der Waals surface area contributed by atoms with E-state index in [4.69, 9.17) is 16.7 Å². The molecule has 0 saturated carbocycles. The Balaban J connectivity index is 2.58. The van der Waals surface area contributed by atoms with E-state index in [1.165, 1.54) is 11.8 Å². The molecule has 1 atom stereocenters. The molecular formula is C14H14ClNO4. The lowest BCUT2D eigenvalue weighted by Gasteiger charge is -2.26. The molecule has 106 valence electrons. The average Bonchev–Trinajstić information content (AvgIpc) is 2.65. The first-order valence-electron chi connectivity index (χ1n) is 6.09. The van der Waals surface area contributed by atoms with Gasteiger partial charge in [-0.1, -0.05) is 29.8 Å². The first-order valence-corrected chi connectivity index (χ1v) is 6.47. The second-order valence-electron chi connectivity index (χ2n) is 4.46. The molecule has 1 aliphatic rings. The Hall–Kier alpha value is -1.85. The SMILES string of the molecule is CC(=O)C1=C(O)C(=O)N(CCO)C1c1ccccc1Cl. The minimum Gasteiger partial charge on any atom is -0.503 e. The quantitative estimate of drug-likeness (QED) is 0.885. The number of aliphatic hydroxyl groups is 2. The van der Waals surface area contributed by atoms with Gasteiger partial charge in [0.1, 0.15) is 0 Å². The molecule has 0 radical (unpaired) electrons. The fraction of sp³-hybridized carbons (Fsp3) is 0.286. The molecule has 1 aromatic carbocycles. The van der Waals surface area contributed by atoms with E-state index >= 15 is 0 Å². The molecule has 0 saturated heterocycles. The van der Waals surface area contributed by atoms with Crippen LogP contribution in [0.5, 0.6) is 0 Å². The minimum absolute atomic E-state index is 0.00949. The maximum absolute atomic E-state index is 12.0. The van der Waals surface area contributed by atoms with Gasteiger partial charge in [-0.25, -0.2) is 0 Å². The van der Waals surface area contributed by atoms with Crippen LogP contribution >= 0.6 is 11.6 Å². The summed E-state index contributed by atoms with van der Waals surface area (Å²) in [6.07, 6.45) is 0. The molecule has 2 N–H and O–H groups in total. The molecule has 1 heterocycles. The first kappa shape index (κ1) is 14.6. The molecule has 2 rings (SSSR count). The average molecular weight is 296 g/mol. The normalized spacial score (nSPS) is 18.9. The molecule has 0 fully saturated rings. The van der Waals surface area contributed by atoms with Crippen molar-refractivity contribution in [3.8, 4) is 0 Å². The number of benzene rings is 1. The highest BCUT2D eigenvalue weighted by atomic mass is 35.5. The van der Waals surface area contributed by atoms with E-state index in [2.05, 4.69) is 0 Å². The Morgan fingerprint density at radius 2 is 2.05 bits per heavy atom. The number of amides is 1. The summed E-state index contributed by atoms with van der Waals surface area (Å²) in [7, 11) is 0. The van der Waals surface area contributed by atoms with Gasteiger partial charge in [0.05, 0.1) is 18.2 Å². The van der Waals surface area contributed by atoms with Crippen LogP contribution in [0.25, 0.3) is 0 Å². The molecule has 1 aliphatic heterocycles. The van der Waals surface area contributed by atoms with Gasteiger partial charge in [-0.15, -0.1) is 0 Å². The molecule has 6 heteroatoms. The number of aliphatic hydroxyl groups excluding tert-OH is 2. The molecule has 1 aromatic rings. The summed E-state index contributed by atoms with van der Waals surface area (Å²) in [6, 6.07) is 6.03. The molecule has 1 unspecified atom stereocenters. The number of nitrogens with zero attached hydrogens (tertiary/aromatic N) is 1. The van der Waals surface area contributed by atoms with Crippen LogP contribution in [0.2, 0.25) is 5.02 Å². The number of β-amino-alcohol motifs (C(OH)–C–C–N with tert-alkyl or cyclic N) is 1. The number of halogens is 1. The molecular weight excluding hydrogens is 282 g/mol. The van der Waals surface area contributed by atoms with Crippen LogP contribution in [0, 0.1) is 0 Å². The Morgan fingerprint density at radius 1 is 1.40 bits per heavy atom. The van der Waals surface area contributed by atoms with Gasteiger partial charge in [0, 0.05) is 11.6 Å². The Labute approximate surface area is 121 Å². The Morgan fingerprint density at radius 3 is 2.60 bits per heavy atom. The fourth-order valence-electron chi connectivity index (χ4n) is 2.37. The van der Waals surface area contributed by atoms with Crippen molar-refractivity contribution in [1.82, 2.24) is 4.90 Å². The predicted octanol–water partition coefficient (Wildman–Crippen LogP) is 1.62. The van der Waals surface area contributed by atoms with Crippen molar-refractivity contribution in [2.24, 2.45) is 0 Å². The number of hydrogen-bond donors (Lipinski definition) is 2. The lowest BCUT2D eigenvalue weighted by Crippen LogP contribution is -2.33. The standard InChI is InChI=1S/C14H14ClNO4/c1-8(18)11-12(9-4-2-3-5-10(9)15)16(6-7-17)14(20)13(11)19/h2-5,12,17,19H,6-7H2,1H3. The van der Waals surface area contributed by atoms with Gasteiger partial charge in [-0.2, -0.15) is 0 Å². The van der Waals surface area contributed by atoms with Gasteiger partial charge in [0.25, 0.3) is 5.91 Å². The van der Waals surface area contributed by atoms with E-state index in [1.54, 1.807) is 24.3 Å². The molecule has 1 amide bonds. The van der Waals surface area contributed by atoms with Crippen LogP contribution in [-0.2, 0) is 9.59 Å². The van der Waals surface area contributed by atoms with Crippen molar-refractivity contribution in [1.29, 1.82) is 0 Å². The first-order chi connectivity index (χ1) is 9.49. The molecule has 5 nitrogen and oxygen atoms in total. The third-order valence-electron chi connectivity index (χ3n) is 3.22. The number of carbonyl (C=O) groups excluding carboxylic acids is 2. The third kappa shape index (κ3) is 2.30. The summed E-state index contributed by atoms with van der Waals surface area (Å²) in [5.41, 5.74) is 0.557. The molecule has 0 spiro atoms. The van der Waals surface area contributed by atoms with Crippen molar-refractivity contribution < 1.29 is 19.8 Å². The zero-order valence-electron chi connectivity index (χ0n) is 10.8. The van der Waals surface area contributed by atoms with Gasteiger partial charge in [-0.05, 0) is 18.6 Å². The third-order valence-corrected chi connectivity index (χ3v) is 3.57. The summed E-state index contributed by atoms with van der Waals surface area (Å²) in [4.78, 5) is 25.0. The highest BCUT2D eigenvalue weighted by Crippen LogP contribution is 2.39. The number of carbonyl (C=O) groups is 2. The zero-order chi connectivity index (χ0) is 14.9. The maximum atomic E-state index is 12.0. The van der Waals surface area contributed by atoms with Crippen molar-refractivity contribution in [3.05, 3.63) is 46.2 Å².